The highest BCUT2D eigenvalue weighted by Crippen LogP contribution is 2.26. The fourth-order valence-corrected chi connectivity index (χ4v) is 1.64. The fraction of sp³-hybridized carbons (Fsp3) is 0.200. The molecule has 0 aliphatic carbocycles. The van der Waals surface area contributed by atoms with E-state index in [2.05, 4.69) is 0 Å². The van der Waals surface area contributed by atoms with Gasteiger partial charge in [0.15, 0.2) is 5.78 Å². The van der Waals surface area contributed by atoms with Gasteiger partial charge in [0.05, 0.1) is 5.69 Å². The number of para-hydroxylation sites is 1. The molecule has 0 fully saturated rings. The minimum Gasteiger partial charge on any atom is -0.351 e. The number of ketones is 1. The normalized spacial score (nSPS) is 15.1. The van der Waals surface area contributed by atoms with E-state index in [1.54, 1.807) is 24.3 Å². The zero-order valence-electron chi connectivity index (χ0n) is 7.56. The van der Waals surface area contributed by atoms with Gasteiger partial charge in [-0.25, -0.2) is 4.79 Å². The van der Waals surface area contributed by atoms with Gasteiger partial charge in [-0.3, -0.25) is 9.69 Å². The van der Waals surface area contributed by atoms with E-state index < -0.39 is 6.03 Å². The maximum Gasteiger partial charge on any atom is 0.319 e. The van der Waals surface area contributed by atoms with Crippen molar-refractivity contribution in [3.8, 4) is 0 Å². The highest BCUT2D eigenvalue weighted by Gasteiger charge is 2.24. The zero-order valence-corrected chi connectivity index (χ0v) is 7.56. The molecule has 72 valence electrons. The summed E-state index contributed by atoms with van der Waals surface area (Å²) in [6, 6.07) is 6.50. The van der Waals surface area contributed by atoms with Crippen LogP contribution in [-0.2, 0) is 0 Å². The van der Waals surface area contributed by atoms with Gasteiger partial charge in [-0.1, -0.05) is 12.1 Å². The molecular weight excluding hydrogens is 180 g/mol. The van der Waals surface area contributed by atoms with Crippen molar-refractivity contribution in [1.82, 2.24) is 0 Å². The molecule has 0 atom stereocenters. The van der Waals surface area contributed by atoms with Gasteiger partial charge in [-0.05, 0) is 12.1 Å². The van der Waals surface area contributed by atoms with Crippen molar-refractivity contribution in [3.05, 3.63) is 29.8 Å². The molecular formula is C10H10N2O2. The van der Waals surface area contributed by atoms with Crippen molar-refractivity contribution in [3.63, 3.8) is 0 Å². The standard InChI is InChI=1S/C10H10N2O2/c11-10(14)12-6-5-9(13)7-3-1-2-4-8(7)12/h1-4H,5-6H2,(H2,11,14). The van der Waals surface area contributed by atoms with Crippen LogP contribution < -0.4 is 10.6 Å². The maximum absolute atomic E-state index is 11.5. The van der Waals surface area contributed by atoms with Crippen molar-refractivity contribution in [2.24, 2.45) is 5.73 Å². The van der Waals surface area contributed by atoms with Crippen molar-refractivity contribution >= 4 is 17.5 Å². The van der Waals surface area contributed by atoms with E-state index in [0.29, 0.717) is 24.2 Å². The smallest absolute Gasteiger partial charge is 0.319 e. The topological polar surface area (TPSA) is 63.4 Å². The number of nitrogens with zero attached hydrogens (tertiary/aromatic N) is 1. The molecule has 1 aliphatic heterocycles. The molecule has 0 aromatic heterocycles. The number of anilines is 1. The number of carbonyl (C=O) groups is 2. The molecule has 4 nitrogen and oxygen atoms in total. The van der Waals surface area contributed by atoms with Crippen molar-refractivity contribution in [1.29, 1.82) is 0 Å². The number of urea groups is 1. The number of hydrogen-bond acceptors (Lipinski definition) is 2. The number of Topliss-reactive ketones (excluding diaryl/α,β-unsaturated/α-hetero) is 1. The summed E-state index contributed by atoms with van der Waals surface area (Å²) in [7, 11) is 0. The average Bonchev–Trinajstić information content (AvgIpc) is 2.18. The molecule has 1 aromatic carbocycles. The van der Waals surface area contributed by atoms with Gasteiger partial charge in [-0.15, -0.1) is 0 Å². The van der Waals surface area contributed by atoms with Crippen molar-refractivity contribution in [2.45, 2.75) is 6.42 Å². The Labute approximate surface area is 81.3 Å². The maximum atomic E-state index is 11.5. The Balaban J connectivity index is 2.52. The summed E-state index contributed by atoms with van der Waals surface area (Å²) in [5, 5.41) is 0. The zero-order chi connectivity index (χ0) is 10.1. The first-order valence-electron chi connectivity index (χ1n) is 4.39. The molecule has 0 saturated carbocycles. The second kappa shape index (κ2) is 3.14. The summed E-state index contributed by atoms with van der Waals surface area (Å²) in [5.41, 5.74) is 6.41. The van der Waals surface area contributed by atoms with Crippen LogP contribution in [0.4, 0.5) is 10.5 Å². The van der Waals surface area contributed by atoms with Crippen LogP contribution in [0.5, 0.6) is 0 Å². The molecule has 4 heteroatoms. The van der Waals surface area contributed by atoms with E-state index >= 15 is 0 Å². The van der Waals surface area contributed by atoms with E-state index in [4.69, 9.17) is 5.73 Å². The average molecular weight is 190 g/mol. The van der Waals surface area contributed by atoms with E-state index in [1.165, 1.54) is 4.90 Å². The summed E-state index contributed by atoms with van der Waals surface area (Å²) >= 11 is 0. The Morgan fingerprint density at radius 1 is 1.36 bits per heavy atom. The van der Waals surface area contributed by atoms with Gasteiger partial charge in [0.2, 0.25) is 0 Å². The van der Waals surface area contributed by atoms with Gasteiger partial charge >= 0.3 is 6.03 Å². The summed E-state index contributed by atoms with van der Waals surface area (Å²) in [5.74, 6) is 0.0677. The van der Waals surface area contributed by atoms with E-state index in [-0.39, 0.29) is 5.78 Å². The Hall–Kier alpha value is -1.84. The van der Waals surface area contributed by atoms with E-state index in [9.17, 15) is 9.59 Å². The SMILES string of the molecule is NC(=O)N1CCC(=O)c2ccccc21. The lowest BCUT2D eigenvalue weighted by atomic mass is 10.0. The van der Waals surface area contributed by atoms with Crippen LogP contribution in [0.1, 0.15) is 16.8 Å². The number of fused-ring (bicyclic) bond motifs is 1. The van der Waals surface area contributed by atoms with Gasteiger partial charge in [-0.2, -0.15) is 0 Å². The number of hydrogen-bond donors (Lipinski definition) is 1. The van der Waals surface area contributed by atoms with Crippen LogP contribution >= 0.6 is 0 Å². The number of carbonyl (C=O) groups excluding carboxylic acids is 2. The first-order valence-corrected chi connectivity index (χ1v) is 4.39. The lowest BCUT2D eigenvalue weighted by molar-refractivity contribution is 0.0981. The molecule has 1 heterocycles. The Bertz CT molecular complexity index is 401. The van der Waals surface area contributed by atoms with E-state index in [1.807, 2.05) is 0 Å². The molecule has 0 bridgehead atoms. The summed E-state index contributed by atoms with van der Waals surface area (Å²) in [6.45, 7) is 0.380. The van der Waals surface area contributed by atoms with Crippen LogP contribution in [-0.4, -0.2) is 18.4 Å². The third-order valence-corrected chi connectivity index (χ3v) is 2.32. The number of nitrogens with two attached hydrogens (primary N) is 1. The molecule has 0 radical (unpaired) electrons. The molecule has 1 aromatic rings. The van der Waals surface area contributed by atoms with Gasteiger partial charge < -0.3 is 5.73 Å². The quantitative estimate of drug-likeness (QED) is 0.667. The third-order valence-electron chi connectivity index (χ3n) is 2.32. The van der Waals surface area contributed by atoms with Crippen molar-refractivity contribution < 1.29 is 9.59 Å². The molecule has 14 heavy (non-hydrogen) atoms. The van der Waals surface area contributed by atoms with Crippen LogP contribution in [0.2, 0.25) is 0 Å². The number of amides is 2. The highest BCUT2D eigenvalue weighted by molar-refractivity contribution is 6.08. The second-order valence-electron chi connectivity index (χ2n) is 3.18. The minimum atomic E-state index is -0.509. The Morgan fingerprint density at radius 2 is 2.07 bits per heavy atom. The van der Waals surface area contributed by atoms with Gasteiger partial charge in [0, 0.05) is 18.5 Å². The van der Waals surface area contributed by atoms with Crippen LogP contribution in [0.3, 0.4) is 0 Å². The molecule has 0 unspecified atom stereocenters. The van der Waals surface area contributed by atoms with E-state index in [0.717, 1.165) is 0 Å². The predicted octanol–water partition coefficient (Wildman–Crippen LogP) is 1.16. The molecule has 2 rings (SSSR count). The van der Waals surface area contributed by atoms with Gasteiger partial charge in [0.1, 0.15) is 0 Å². The summed E-state index contributed by atoms with van der Waals surface area (Å²) in [6.07, 6.45) is 0.347. The molecule has 1 aliphatic rings. The van der Waals surface area contributed by atoms with Gasteiger partial charge in [0.25, 0.3) is 0 Å². The number of benzene rings is 1. The molecule has 0 spiro atoms. The first-order chi connectivity index (χ1) is 6.70. The van der Waals surface area contributed by atoms with Crippen LogP contribution in [0, 0.1) is 0 Å². The lowest BCUT2D eigenvalue weighted by Gasteiger charge is -2.26. The molecule has 2 N–H and O–H groups in total. The lowest BCUT2D eigenvalue weighted by Crippen LogP contribution is -2.40. The monoisotopic (exact) mass is 190 g/mol. The minimum absolute atomic E-state index is 0.0677. The third kappa shape index (κ3) is 1.25. The van der Waals surface area contributed by atoms with Crippen LogP contribution in [0.15, 0.2) is 24.3 Å². The Morgan fingerprint density at radius 3 is 2.79 bits per heavy atom. The van der Waals surface area contributed by atoms with Crippen molar-refractivity contribution in [2.75, 3.05) is 11.4 Å². The number of primary amides is 1. The largest absolute Gasteiger partial charge is 0.351 e. The summed E-state index contributed by atoms with van der Waals surface area (Å²) in [4.78, 5) is 24.0. The predicted molar refractivity (Wildman–Crippen MR) is 52.3 cm³/mol. The summed E-state index contributed by atoms with van der Waals surface area (Å²) < 4.78 is 0. The first kappa shape index (κ1) is 8.74. The molecule has 2 amide bonds. The Kier molecular flexibility index (Phi) is 1.96. The second-order valence-corrected chi connectivity index (χ2v) is 3.18. The molecule has 0 saturated heterocycles. The fourth-order valence-electron chi connectivity index (χ4n) is 1.64. The van der Waals surface area contributed by atoms with Crippen LogP contribution in [0.25, 0.3) is 0 Å². The number of rotatable bonds is 0. The highest BCUT2D eigenvalue weighted by atomic mass is 16.2.